The van der Waals surface area contributed by atoms with Gasteiger partial charge < -0.3 is 62.3 Å². The molecule has 17 nitrogen and oxygen atoms in total. The fraction of sp³-hybridized carbons (Fsp3) is 0.370. The Labute approximate surface area is 410 Å². The third-order valence-electron chi connectivity index (χ3n) is 12.1. The van der Waals surface area contributed by atoms with Crippen LogP contribution in [0.1, 0.15) is 63.0 Å². The summed E-state index contributed by atoms with van der Waals surface area (Å²) in [5.41, 5.74) is 2.00. The summed E-state index contributed by atoms with van der Waals surface area (Å²) in [7, 11) is 0. The van der Waals surface area contributed by atoms with E-state index in [-0.39, 0.29) is 29.9 Å². The Kier molecular flexibility index (Phi) is 17.3. The number of aliphatic hydroxyl groups excluding tert-OH is 2. The molecular weight excluding hydrogens is 921 g/mol. The highest BCUT2D eigenvalue weighted by Gasteiger charge is 2.56. The molecule has 0 bridgehead atoms. The van der Waals surface area contributed by atoms with Gasteiger partial charge >= 0.3 is 23.9 Å². The maximum absolute atomic E-state index is 14.1. The van der Waals surface area contributed by atoms with Crippen LogP contribution in [0.5, 0.6) is 0 Å². The van der Waals surface area contributed by atoms with Gasteiger partial charge in [0.2, 0.25) is 0 Å². The highest BCUT2D eigenvalue weighted by atomic mass is 16.8. The van der Waals surface area contributed by atoms with E-state index in [4.69, 9.17) is 52.1 Å². The van der Waals surface area contributed by atoms with E-state index in [1.807, 2.05) is 60.7 Å². The predicted octanol–water partition coefficient (Wildman–Crippen LogP) is 5.74. The number of carbonyl (C=O) groups is 4. The van der Waals surface area contributed by atoms with Crippen LogP contribution >= 0.6 is 0 Å². The van der Waals surface area contributed by atoms with E-state index in [1.54, 1.807) is 61.5 Å². The largest absolute Gasteiger partial charge is 0.457 e. The summed E-state index contributed by atoms with van der Waals surface area (Å²) in [6, 6.07) is 42.6. The number of esters is 4. The third-order valence-corrected chi connectivity index (χ3v) is 12.1. The number of carbonyl (C=O) groups excluding carboxylic acids is 4. The van der Waals surface area contributed by atoms with Crippen molar-refractivity contribution < 1.29 is 81.5 Å². The number of benzene rings is 5. The van der Waals surface area contributed by atoms with Crippen LogP contribution in [-0.2, 0) is 70.1 Å². The summed E-state index contributed by atoms with van der Waals surface area (Å²) in [5, 5.41) is 23.0. The fourth-order valence-corrected chi connectivity index (χ4v) is 8.55. The first-order chi connectivity index (χ1) is 34.4. The summed E-state index contributed by atoms with van der Waals surface area (Å²) >= 11 is 0. The van der Waals surface area contributed by atoms with Gasteiger partial charge in [-0.2, -0.15) is 0 Å². The zero-order valence-corrected chi connectivity index (χ0v) is 39.2. The van der Waals surface area contributed by atoms with Crippen LogP contribution in [0.15, 0.2) is 152 Å². The van der Waals surface area contributed by atoms with Crippen LogP contribution < -0.4 is 0 Å². The van der Waals surface area contributed by atoms with Crippen molar-refractivity contribution in [3.8, 4) is 0 Å². The topological polar surface area (TPSA) is 210 Å². The Hall–Kier alpha value is -6.38. The summed E-state index contributed by atoms with van der Waals surface area (Å²) in [6.45, 7) is 4.06. The molecule has 0 aromatic heterocycles. The van der Waals surface area contributed by atoms with E-state index in [0.29, 0.717) is 0 Å². The second kappa shape index (κ2) is 24.2. The van der Waals surface area contributed by atoms with Crippen molar-refractivity contribution in [2.24, 2.45) is 0 Å². The van der Waals surface area contributed by atoms with E-state index in [9.17, 15) is 29.4 Å². The molecule has 8 rings (SSSR count). The second-order valence-corrected chi connectivity index (χ2v) is 17.2. The average molecular weight is 977 g/mol. The van der Waals surface area contributed by atoms with Gasteiger partial charge in [-0.05, 0) is 61.4 Å². The van der Waals surface area contributed by atoms with Crippen molar-refractivity contribution in [2.75, 3.05) is 6.61 Å². The highest BCUT2D eigenvalue weighted by Crippen LogP contribution is 2.37. The Bertz CT molecular complexity index is 2430. The number of aliphatic hydroxyl groups is 2. The van der Waals surface area contributed by atoms with Crippen molar-refractivity contribution in [1.82, 2.24) is 0 Å². The molecule has 0 spiro atoms. The number of ether oxygens (including phenoxy) is 11. The molecule has 3 saturated heterocycles. The van der Waals surface area contributed by atoms with Gasteiger partial charge in [0.25, 0.3) is 0 Å². The number of hydrogen-bond donors (Lipinski definition) is 2. The van der Waals surface area contributed by atoms with Crippen LogP contribution in [-0.4, -0.2) is 127 Å². The lowest BCUT2D eigenvalue weighted by Crippen LogP contribution is -2.66. The molecule has 3 heterocycles. The molecule has 0 unspecified atom stereocenters. The minimum atomic E-state index is -1.75. The normalized spacial score (nSPS) is 29.5. The van der Waals surface area contributed by atoms with E-state index in [2.05, 4.69) is 0 Å². The Morgan fingerprint density at radius 3 is 1.38 bits per heavy atom. The molecule has 71 heavy (non-hydrogen) atoms. The third kappa shape index (κ3) is 12.9. The van der Waals surface area contributed by atoms with Gasteiger partial charge in [-0.3, -0.25) is 4.79 Å². The molecule has 17 heteroatoms. The van der Waals surface area contributed by atoms with Gasteiger partial charge in [0, 0.05) is 6.92 Å². The smallest absolute Gasteiger partial charge is 0.338 e. The number of rotatable bonds is 17. The number of hydrogen-bond acceptors (Lipinski definition) is 17. The van der Waals surface area contributed by atoms with Gasteiger partial charge in [-0.25, -0.2) is 14.4 Å². The van der Waals surface area contributed by atoms with Crippen molar-refractivity contribution in [1.29, 1.82) is 0 Å². The molecule has 3 fully saturated rings. The molecule has 0 radical (unpaired) electrons. The van der Waals surface area contributed by atoms with Crippen LogP contribution in [0.25, 0.3) is 0 Å². The van der Waals surface area contributed by atoms with Crippen molar-refractivity contribution in [3.05, 3.63) is 179 Å². The molecule has 3 aliphatic rings. The average Bonchev–Trinajstić information content (AvgIpc) is 3.38. The maximum atomic E-state index is 14.1. The molecule has 2 N–H and O–H groups in total. The predicted molar refractivity (Wildman–Crippen MR) is 249 cm³/mol. The molecule has 5 aromatic carbocycles. The molecule has 374 valence electrons. The van der Waals surface area contributed by atoms with Gasteiger partial charge in [0.05, 0.1) is 48.7 Å². The minimum Gasteiger partial charge on any atom is -0.457 e. The Balaban J connectivity index is 1.17. The lowest BCUT2D eigenvalue weighted by molar-refractivity contribution is -0.378. The first-order valence-electron chi connectivity index (χ1n) is 23.3. The van der Waals surface area contributed by atoms with Gasteiger partial charge in [0.15, 0.2) is 49.4 Å². The van der Waals surface area contributed by atoms with E-state index in [0.717, 1.165) is 18.1 Å². The molecule has 0 aliphatic carbocycles. The Morgan fingerprint density at radius 2 is 0.887 bits per heavy atom. The van der Waals surface area contributed by atoms with Crippen molar-refractivity contribution in [3.63, 3.8) is 0 Å². The van der Waals surface area contributed by atoms with Crippen molar-refractivity contribution >= 4 is 23.9 Å². The van der Waals surface area contributed by atoms with Crippen LogP contribution in [0.3, 0.4) is 0 Å². The molecule has 14 atom stereocenters. The van der Waals surface area contributed by atoms with Gasteiger partial charge in [-0.15, -0.1) is 0 Å². The van der Waals surface area contributed by atoms with E-state index < -0.39 is 116 Å². The monoisotopic (exact) mass is 976 g/mol. The van der Waals surface area contributed by atoms with E-state index >= 15 is 0 Å². The van der Waals surface area contributed by atoms with Crippen molar-refractivity contribution in [2.45, 2.75) is 120 Å². The van der Waals surface area contributed by atoms with Crippen LogP contribution in [0, 0.1) is 0 Å². The standard InChI is InChI=1S/C54H56O17/c1-32-41(61-29-35-19-9-4-10-20-35)44(46(52(60)64-32)62-30-36-21-11-5-12-22-36)70-53-47(43(66-34(3)55)40(56)31-63-53)71-54-48(69-51(59)39-27-17-8-18-28-39)45(68-50(58)38-25-15-7-16-26-38)42(33(2)65-54)67-49(57)37-23-13-6-14-24-37/h4-28,32-33,40-48,52-54,56,60H,29-31H2,1-3H3/t32-,33-,40-,41-,42-,43+,44+,45+,46-,47-,48-,52-,53+,54+/m1/s1. The second-order valence-electron chi connectivity index (χ2n) is 17.2. The summed E-state index contributed by atoms with van der Waals surface area (Å²) in [4.78, 5) is 54.8. The summed E-state index contributed by atoms with van der Waals surface area (Å²) in [5.74, 6) is -3.37. The zero-order chi connectivity index (χ0) is 49.9. The lowest BCUT2D eigenvalue weighted by atomic mass is 9.97. The van der Waals surface area contributed by atoms with E-state index in [1.165, 1.54) is 43.3 Å². The highest BCUT2D eigenvalue weighted by molar-refractivity contribution is 5.91. The molecule has 5 aromatic rings. The zero-order valence-electron chi connectivity index (χ0n) is 39.2. The SMILES string of the molecule is CC(=O)O[C@@H]1[C@@H](O[C@@H]2O[C@H](C)[C@@H](OC(=O)c3ccccc3)[C@H](OC(=O)c3ccccc3)[C@H]2OC(=O)c2ccccc2)[C@H](O[C@@H]2[C@@H](OCc3ccccc3)[C@H](O)O[C@H](C)[C@H]2OCc2ccccc2)OC[C@H]1O. The minimum absolute atomic E-state index is 0.0210. The molecule has 3 aliphatic heterocycles. The quantitative estimate of drug-likeness (QED) is 0.0841. The summed E-state index contributed by atoms with van der Waals surface area (Å²) < 4.78 is 69.2. The van der Waals surface area contributed by atoms with Crippen LogP contribution in [0.2, 0.25) is 0 Å². The lowest BCUT2D eigenvalue weighted by Gasteiger charge is -2.49. The molecule has 0 amide bonds. The molecule has 0 saturated carbocycles. The first-order valence-corrected chi connectivity index (χ1v) is 23.3. The maximum Gasteiger partial charge on any atom is 0.338 e. The molecular formula is C54H56O17. The van der Waals surface area contributed by atoms with Gasteiger partial charge in [0.1, 0.15) is 24.4 Å². The summed E-state index contributed by atoms with van der Waals surface area (Å²) in [6.07, 6.45) is -19.7. The fourth-order valence-electron chi connectivity index (χ4n) is 8.55. The Morgan fingerprint density at radius 1 is 0.465 bits per heavy atom. The van der Waals surface area contributed by atoms with Gasteiger partial charge in [-0.1, -0.05) is 115 Å². The first kappa shape index (κ1) is 51.0. The van der Waals surface area contributed by atoms with Crippen LogP contribution in [0.4, 0.5) is 0 Å².